The van der Waals surface area contributed by atoms with E-state index in [0.29, 0.717) is 28.5 Å². The second-order valence-corrected chi connectivity index (χ2v) is 5.10. The van der Waals surface area contributed by atoms with E-state index in [1.807, 2.05) is 6.07 Å². The summed E-state index contributed by atoms with van der Waals surface area (Å²) < 4.78 is 37.4. The van der Waals surface area contributed by atoms with Gasteiger partial charge in [-0.05, 0) is 48.1 Å². The lowest BCUT2D eigenvalue weighted by Crippen LogP contribution is -2.27. The van der Waals surface area contributed by atoms with Gasteiger partial charge in [0.15, 0.2) is 5.11 Å². The molecule has 0 aliphatic heterocycles. The molecular formula is C16H12F3N3S. The van der Waals surface area contributed by atoms with E-state index < -0.39 is 11.7 Å². The van der Waals surface area contributed by atoms with Crippen LogP contribution in [-0.4, -0.2) is 5.11 Å². The Labute approximate surface area is 136 Å². The fourth-order valence-corrected chi connectivity index (χ4v) is 2.03. The van der Waals surface area contributed by atoms with Crippen LogP contribution in [0.3, 0.4) is 0 Å². The first-order valence-corrected chi connectivity index (χ1v) is 7.00. The van der Waals surface area contributed by atoms with Crippen molar-refractivity contribution in [3.8, 4) is 6.07 Å². The largest absolute Gasteiger partial charge is 0.416 e. The van der Waals surface area contributed by atoms with Gasteiger partial charge in [0.1, 0.15) is 0 Å². The topological polar surface area (TPSA) is 47.9 Å². The van der Waals surface area contributed by atoms with Gasteiger partial charge in [-0.15, -0.1) is 0 Å². The third-order valence-electron chi connectivity index (χ3n) is 2.98. The molecule has 0 spiro atoms. The van der Waals surface area contributed by atoms with Crippen molar-refractivity contribution in [1.29, 1.82) is 5.26 Å². The van der Waals surface area contributed by atoms with E-state index >= 15 is 0 Å². The van der Waals surface area contributed by atoms with Gasteiger partial charge in [-0.2, -0.15) is 18.4 Å². The number of benzene rings is 2. The van der Waals surface area contributed by atoms with Gasteiger partial charge in [-0.3, -0.25) is 0 Å². The Hall–Kier alpha value is -2.59. The number of thiocarbonyl (C=S) groups is 1. The second-order valence-electron chi connectivity index (χ2n) is 4.69. The van der Waals surface area contributed by atoms with Crippen LogP contribution in [0.1, 0.15) is 16.7 Å². The van der Waals surface area contributed by atoms with Crippen molar-refractivity contribution < 1.29 is 13.2 Å². The van der Waals surface area contributed by atoms with Gasteiger partial charge in [0, 0.05) is 12.2 Å². The summed E-state index contributed by atoms with van der Waals surface area (Å²) in [6.07, 6.45) is -4.34. The van der Waals surface area contributed by atoms with Crippen molar-refractivity contribution in [2.45, 2.75) is 12.7 Å². The molecule has 0 aliphatic carbocycles. The summed E-state index contributed by atoms with van der Waals surface area (Å²) in [7, 11) is 0. The van der Waals surface area contributed by atoms with Crippen molar-refractivity contribution in [2.24, 2.45) is 0 Å². The lowest BCUT2D eigenvalue weighted by atomic mass is 10.1. The summed E-state index contributed by atoms with van der Waals surface area (Å²) in [5.74, 6) is 0. The first-order chi connectivity index (χ1) is 10.9. The number of halogens is 3. The fraction of sp³-hybridized carbons (Fsp3) is 0.125. The molecular weight excluding hydrogens is 323 g/mol. The van der Waals surface area contributed by atoms with Crippen LogP contribution in [0.4, 0.5) is 18.9 Å². The van der Waals surface area contributed by atoms with Crippen LogP contribution in [0.5, 0.6) is 0 Å². The molecule has 0 unspecified atom stereocenters. The van der Waals surface area contributed by atoms with E-state index in [0.717, 1.165) is 12.1 Å². The van der Waals surface area contributed by atoms with Crippen LogP contribution in [-0.2, 0) is 12.7 Å². The van der Waals surface area contributed by atoms with E-state index in [1.165, 1.54) is 12.1 Å². The maximum Gasteiger partial charge on any atom is 0.416 e. The van der Waals surface area contributed by atoms with Gasteiger partial charge in [0.2, 0.25) is 0 Å². The maximum absolute atomic E-state index is 12.5. The van der Waals surface area contributed by atoms with E-state index in [1.54, 1.807) is 24.3 Å². The maximum atomic E-state index is 12.5. The minimum atomic E-state index is -4.34. The molecule has 0 saturated carbocycles. The molecule has 2 N–H and O–H groups in total. The van der Waals surface area contributed by atoms with E-state index in [9.17, 15) is 13.2 Å². The van der Waals surface area contributed by atoms with Crippen LogP contribution in [0, 0.1) is 11.3 Å². The highest BCUT2D eigenvalue weighted by molar-refractivity contribution is 7.80. The molecule has 118 valence electrons. The number of nitrogens with one attached hydrogen (secondary N) is 2. The Morgan fingerprint density at radius 2 is 1.83 bits per heavy atom. The first kappa shape index (κ1) is 16.8. The quantitative estimate of drug-likeness (QED) is 0.831. The number of anilines is 1. The summed E-state index contributed by atoms with van der Waals surface area (Å²) in [6, 6.07) is 13.7. The standard InChI is InChI=1S/C16H12F3N3S/c17-16(18,19)13-6-4-11(5-7-13)10-21-15(23)22-14-3-1-2-12(8-14)9-20/h1-8H,10H2,(H2,21,22,23). The van der Waals surface area contributed by atoms with Crippen LogP contribution >= 0.6 is 12.2 Å². The number of hydrogen-bond acceptors (Lipinski definition) is 2. The van der Waals surface area contributed by atoms with Gasteiger partial charge in [0.05, 0.1) is 17.2 Å². The number of alkyl halides is 3. The molecule has 3 nitrogen and oxygen atoms in total. The Kier molecular flexibility index (Phi) is 5.19. The molecule has 2 rings (SSSR count). The van der Waals surface area contributed by atoms with Gasteiger partial charge in [-0.1, -0.05) is 18.2 Å². The molecule has 23 heavy (non-hydrogen) atoms. The summed E-state index contributed by atoms with van der Waals surface area (Å²) in [5, 5.41) is 15.0. The molecule has 0 aromatic heterocycles. The molecule has 2 aromatic rings. The van der Waals surface area contributed by atoms with E-state index in [2.05, 4.69) is 10.6 Å². The molecule has 0 saturated heterocycles. The highest BCUT2D eigenvalue weighted by Crippen LogP contribution is 2.29. The number of nitriles is 1. The third-order valence-corrected chi connectivity index (χ3v) is 3.23. The molecule has 2 aromatic carbocycles. The molecule has 0 bridgehead atoms. The predicted molar refractivity (Wildman–Crippen MR) is 85.7 cm³/mol. The Morgan fingerprint density at radius 1 is 1.13 bits per heavy atom. The van der Waals surface area contributed by atoms with Crippen molar-refractivity contribution in [2.75, 3.05) is 5.32 Å². The third kappa shape index (κ3) is 4.97. The predicted octanol–water partition coefficient (Wildman–Crippen LogP) is 4.06. The number of nitrogens with zero attached hydrogens (tertiary/aromatic N) is 1. The zero-order valence-electron chi connectivity index (χ0n) is 11.8. The number of rotatable bonds is 3. The van der Waals surface area contributed by atoms with Crippen LogP contribution < -0.4 is 10.6 Å². The molecule has 0 heterocycles. The lowest BCUT2D eigenvalue weighted by Gasteiger charge is -2.11. The average Bonchev–Trinajstić information content (AvgIpc) is 2.52. The highest BCUT2D eigenvalue weighted by atomic mass is 32.1. The Morgan fingerprint density at radius 3 is 2.43 bits per heavy atom. The monoisotopic (exact) mass is 335 g/mol. The molecule has 7 heteroatoms. The van der Waals surface area contributed by atoms with Crippen LogP contribution in [0.25, 0.3) is 0 Å². The summed E-state index contributed by atoms with van der Waals surface area (Å²) in [6.45, 7) is 0.294. The van der Waals surface area contributed by atoms with Crippen molar-refractivity contribution in [1.82, 2.24) is 5.32 Å². The van der Waals surface area contributed by atoms with Gasteiger partial charge >= 0.3 is 6.18 Å². The van der Waals surface area contributed by atoms with Crippen molar-refractivity contribution in [3.63, 3.8) is 0 Å². The van der Waals surface area contributed by atoms with Gasteiger partial charge < -0.3 is 10.6 Å². The number of hydrogen-bond donors (Lipinski definition) is 2. The molecule has 0 atom stereocenters. The second kappa shape index (κ2) is 7.11. The first-order valence-electron chi connectivity index (χ1n) is 6.59. The Balaban J connectivity index is 1.90. The SMILES string of the molecule is N#Cc1cccc(NC(=S)NCc2ccc(C(F)(F)F)cc2)c1. The normalized spacial score (nSPS) is 10.7. The van der Waals surface area contributed by atoms with Crippen LogP contribution in [0.2, 0.25) is 0 Å². The zero-order valence-corrected chi connectivity index (χ0v) is 12.6. The van der Waals surface area contributed by atoms with E-state index in [4.69, 9.17) is 17.5 Å². The minimum Gasteiger partial charge on any atom is -0.358 e. The molecule has 0 amide bonds. The van der Waals surface area contributed by atoms with E-state index in [-0.39, 0.29) is 0 Å². The average molecular weight is 335 g/mol. The zero-order chi connectivity index (χ0) is 16.9. The van der Waals surface area contributed by atoms with Gasteiger partial charge in [-0.25, -0.2) is 0 Å². The van der Waals surface area contributed by atoms with Crippen molar-refractivity contribution >= 4 is 23.0 Å². The Bertz CT molecular complexity index is 733. The molecule has 0 radical (unpaired) electrons. The minimum absolute atomic E-state index is 0.294. The lowest BCUT2D eigenvalue weighted by molar-refractivity contribution is -0.137. The highest BCUT2D eigenvalue weighted by Gasteiger charge is 2.29. The van der Waals surface area contributed by atoms with Crippen molar-refractivity contribution in [3.05, 3.63) is 65.2 Å². The molecule has 0 fully saturated rings. The summed E-state index contributed by atoms with van der Waals surface area (Å²) in [5.41, 5.74) is 1.15. The summed E-state index contributed by atoms with van der Waals surface area (Å²) in [4.78, 5) is 0. The smallest absolute Gasteiger partial charge is 0.358 e. The molecule has 0 aliphatic rings. The fourth-order valence-electron chi connectivity index (χ4n) is 1.84. The summed E-state index contributed by atoms with van der Waals surface area (Å²) >= 11 is 5.11. The van der Waals surface area contributed by atoms with Crippen LogP contribution in [0.15, 0.2) is 48.5 Å². The van der Waals surface area contributed by atoms with Gasteiger partial charge in [0.25, 0.3) is 0 Å².